The lowest BCUT2D eigenvalue weighted by atomic mass is 10.1. The summed E-state index contributed by atoms with van der Waals surface area (Å²) < 4.78 is 1.19. The first-order chi connectivity index (χ1) is 12.1. The number of carbonyl (C=O) groups excluding carboxylic acids is 1. The number of rotatable bonds is 2. The molecule has 128 valence electrons. The van der Waals surface area contributed by atoms with Gasteiger partial charge in [-0.2, -0.15) is 0 Å². The topological polar surface area (TPSA) is 36.4 Å². The van der Waals surface area contributed by atoms with Crippen LogP contribution in [0.4, 0.5) is 5.69 Å². The maximum atomic E-state index is 13.0. The number of benzene rings is 1. The summed E-state index contributed by atoms with van der Waals surface area (Å²) in [6.45, 7) is 7.30. The van der Waals surface area contributed by atoms with Gasteiger partial charge >= 0.3 is 0 Å². The summed E-state index contributed by atoms with van der Waals surface area (Å²) in [7, 11) is 0. The Morgan fingerprint density at radius 3 is 2.56 bits per heavy atom. The van der Waals surface area contributed by atoms with Crippen LogP contribution in [0.15, 0.2) is 42.6 Å². The van der Waals surface area contributed by atoms with Crippen molar-refractivity contribution in [2.45, 2.75) is 13.8 Å². The lowest BCUT2D eigenvalue weighted by Crippen LogP contribution is -2.48. The molecule has 0 aliphatic carbocycles. The minimum atomic E-state index is 0.171. The standard InChI is InChI=1S/C20H21N3OS/c1-14-13-16(7-8-21-14)22-9-11-23(12-10-22)20(24)19-15(2)17-5-3-4-6-18(17)25-19/h3-8,13H,9-12H2,1-2H3. The van der Waals surface area contributed by atoms with E-state index in [2.05, 4.69) is 35.0 Å². The van der Waals surface area contributed by atoms with Crippen LogP contribution >= 0.6 is 11.3 Å². The molecule has 1 aromatic carbocycles. The Bertz CT molecular complexity index is 926. The van der Waals surface area contributed by atoms with Crippen molar-refractivity contribution in [3.63, 3.8) is 0 Å². The molecule has 1 fully saturated rings. The Morgan fingerprint density at radius 2 is 1.84 bits per heavy atom. The third-order valence-electron chi connectivity index (χ3n) is 4.85. The molecule has 1 saturated heterocycles. The second-order valence-corrected chi connectivity index (χ2v) is 7.54. The van der Waals surface area contributed by atoms with E-state index in [9.17, 15) is 4.79 Å². The average Bonchev–Trinajstić information content (AvgIpc) is 2.98. The minimum Gasteiger partial charge on any atom is -0.368 e. The Kier molecular flexibility index (Phi) is 4.17. The number of pyridine rings is 1. The molecule has 0 unspecified atom stereocenters. The molecule has 1 amide bonds. The van der Waals surface area contributed by atoms with E-state index in [0.29, 0.717) is 0 Å². The third kappa shape index (κ3) is 3.00. The molecule has 4 rings (SSSR count). The van der Waals surface area contributed by atoms with Gasteiger partial charge in [-0.3, -0.25) is 9.78 Å². The monoisotopic (exact) mass is 351 g/mol. The van der Waals surface area contributed by atoms with Crippen LogP contribution in [0.25, 0.3) is 10.1 Å². The number of hydrogen-bond donors (Lipinski definition) is 0. The number of thiophene rings is 1. The van der Waals surface area contributed by atoms with Crippen molar-refractivity contribution in [3.05, 3.63) is 58.7 Å². The first-order valence-corrected chi connectivity index (χ1v) is 9.40. The highest BCUT2D eigenvalue weighted by atomic mass is 32.1. The summed E-state index contributed by atoms with van der Waals surface area (Å²) >= 11 is 1.61. The van der Waals surface area contributed by atoms with Crippen LogP contribution in [-0.4, -0.2) is 42.0 Å². The summed E-state index contributed by atoms with van der Waals surface area (Å²) in [5.41, 5.74) is 3.33. The molecule has 25 heavy (non-hydrogen) atoms. The van der Waals surface area contributed by atoms with E-state index in [4.69, 9.17) is 0 Å². The summed E-state index contributed by atoms with van der Waals surface area (Å²) in [6, 6.07) is 12.4. The largest absolute Gasteiger partial charge is 0.368 e. The number of anilines is 1. The molecule has 2 aromatic heterocycles. The van der Waals surface area contributed by atoms with Crippen LogP contribution in [0.1, 0.15) is 20.9 Å². The number of amides is 1. The number of aromatic nitrogens is 1. The van der Waals surface area contributed by atoms with Crippen LogP contribution in [0.2, 0.25) is 0 Å². The molecule has 1 aliphatic heterocycles. The normalized spacial score (nSPS) is 15.0. The maximum Gasteiger partial charge on any atom is 0.264 e. The molecule has 4 nitrogen and oxygen atoms in total. The van der Waals surface area contributed by atoms with Gasteiger partial charge in [-0.15, -0.1) is 11.3 Å². The molecule has 1 aliphatic rings. The molecule has 3 aromatic rings. The van der Waals surface area contributed by atoms with Gasteiger partial charge in [-0.05, 0) is 43.0 Å². The number of fused-ring (bicyclic) bond motifs is 1. The molecule has 0 saturated carbocycles. The van der Waals surface area contributed by atoms with Gasteiger partial charge in [-0.25, -0.2) is 0 Å². The zero-order valence-electron chi connectivity index (χ0n) is 14.5. The van der Waals surface area contributed by atoms with Gasteiger partial charge in [-0.1, -0.05) is 18.2 Å². The van der Waals surface area contributed by atoms with Crippen LogP contribution in [0, 0.1) is 13.8 Å². The zero-order chi connectivity index (χ0) is 17.4. The SMILES string of the molecule is Cc1cc(N2CCN(C(=O)c3sc4ccccc4c3C)CC2)ccn1. The van der Waals surface area contributed by atoms with Crippen LogP contribution in [0.5, 0.6) is 0 Å². The summed E-state index contributed by atoms with van der Waals surface area (Å²) in [5, 5.41) is 1.20. The molecular formula is C20H21N3OS. The summed E-state index contributed by atoms with van der Waals surface area (Å²) in [4.78, 5) is 22.5. The van der Waals surface area contributed by atoms with Gasteiger partial charge in [0.25, 0.3) is 5.91 Å². The number of aryl methyl sites for hydroxylation is 2. The number of hydrogen-bond acceptors (Lipinski definition) is 4. The van der Waals surface area contributed by atoms with Gasteiger partial charge in [0.2, 0.25) is 0 Å². The number of nitrogens with zero attached hydrogens (tertiary/aromatic N) is 3. The van der Waals surface area contributed by atoms with E-state index in [1.807, 2.05) is 36.2 Å². The van der Waals surface area contributed by atoms with Gasteiger partial charge in [0.15, 0.2) is 0 Å². The third-order valence-corrected chi connectivity index (χ3v) is 6.11. The van der Waals surface area contributed by atoms with Crippen molar-refractivity contribution < 1.29 is 4.79 Å². The molecule has 5 heteroatoms. The molecule has 0 atom stereocenters. The first-order valence-electron chi connectivity index (χ1n) is 8.58. The highest BCUT2D eigenvalue weighted by Gasteiger charge is 2.25. The van der Waals surface area contributed by atoms with Crippen molar-refractivity contribution in [1.29, 1.82) is 0 Å². The first kappa shape index (κ1) is 16.1. The van der Waals surface area contributed by atoms with Crippen LogP contribution in [0.3, 0.4) is 0 Å². The molecule has 0 radical (unpaired) electrons. The van der Waals surface area contributed by atoms with Crippen LogP contribution < -0.4 is 4.90 Å². The highest BCUT2D eigenvalue weighted by Crippen LogP contribution is 2.31. The van der Waals surface area contributed by atoms with Crippen molar-refractivity contribution in [2.24, 2.45) is 0 Å². The van der Waals surface area contributed by atoms with E-state index >= 15 is 0 Å². The molecule has 0 spiro atoms. The number of carbonyl (C=O) groups is 1. The Labute approximate surface area is 151 Å². The fourth-order valence-corrected chi connectivity index (χ4v) is 4.59. The van der Waals surface area contributed by atoms with Gasteiger partial charge in [0, 0.05) is 48.5 Å². The Hall–Kier alpha value is -2.40. The predicted molar refractivity (Wildman–Crippen MR) is 104 cm³/mol. The average molecular weight is 351 g/mol. The fraction of sp³-hybridized carbons (Fsp3) is 0.300. The molecule has 0 bridgehead atoms. The quantitative estimate of drug-likeness (QED) is 0.703. The maximum absolute atomic E-state index is 13.0. The van der Waals surface area contributed by atoms with E-state index in [1.165, 1.54) is 15.8 Å². The second kappa shape index (κ2) is 6.48. The summed E-state index contributed by atoms with van der Waals surface area (Å²) in [6.07, 6.45) is 1.85. The lowest BCUT2D eigenvalue weighted by molar-refractivity contribution is 0.0751. The Balaban J connectivity index is 1.50. The van der Waals surface area contributed by atoms with E-state index < -0.39 is 0 Å². The van der Waals surface area contributed by atoms with Crippen molar-refractivity contribution in [3.8, 4) is 0 Å². The van der Waals surface area contributed by atoms with Gasteiger partial charge < -0.3 is 9.80 Å². The molecule has 3 heterocycles. The van der Waals surface area contributed by atoms with Crippen LogP contribution in [-0.2, 0) is 0 Å². The zero-order valence-corrected chi connectivity index (χ0v) is 15.3. The molecule has 0 N–H and O–H groups in total. The minimum absolute atomic E-state index is 0.171. The number of piperazine rings is 1. The van der Waals surface area contributed by atoms with E-state index in [0.717, 1.165) is 42.3 Å². The Morgan fingerprint density at radius 1 is 1.08 bits per heavy atom. The van der Waals surface area contributed by atoms with Gasteiger partial charge in [0.1, 0.15) is 0 Å². The summed E-state index contributed by atoms with van der Waals surface area (Å²) in [5.74, 6) is 0.171. The van der Waals surface area contributed by atoms with Crippen molar-refractivity contribution >= 4 is 33.0 Å². The second-order valence-electron chi connectivity index (χ2n) is 6.49. The predicted octanol–water partition coefficient (Wildman–Crippen LogP) is 3.88. The van der Waals surface area contributed by atoms with E-state index in [-0.39, 0.29) is 5.91 Å². The van der Waals surface area contributed by atoms with Crippen molar-refractivity contribution in [2.75, 3.05) is 31.1 Å². The van der Waals surface area contributed by atoms with Crippen molar-refractivity contribution in [1.82, 2.24) is 9.88 Å². The lowest BCUT2D eigenvalue weighted by Gasteiger charge is -2.36. The fourth-order valence-electron chi connectivity index (χ4n) is 3.42. The van der Waals surface area contributed by atoms with E-state index in [1.54, 1.807) is 11.3 Å². The molecular weight excluding hydrogens is 330 g/mol. The smallest absolute Gasteiger partial charge is 0.264 e. The van der Waals surface area contributed by atoms with Gasteiger partial charge in [0.05, 0.1) is 4.88 Å². The highest BCUT2D eigenvalue weighted by molar-refractivity contribution is 7.21.